The molecule has 2 atom stereocenters. The SMILES string of the molecule is COC1CCCN(C(=O)NCC(C)C(=O)O)C1. The molecular weight excluding hydrogens is 224 g/mol. The van der Waals surface area contributed by atoms with Crippen LogP contribution in [0.5, 0.6) is 0 Å². The van der Waals surface area contributed by atoms with Gasteiger partial charge in [-0.2, -0.15) is 0 Å². The van der Waals surface area contributed by atoms with Crippen LogP contribution in [0, 0.1) is 5.92 Å². The van der Waals surface area contributed by atoms with Crippen molar-refractivity contribution in [3.8, 4) is 0 Å². The maximum Gasteiger partial charge on any atom is 0.317 e. The van der Waals surface area contributed by atoms with Crippen molar-refractivity contribution in [3.05, 3.63) is 0 Å². The lowest BCUT2D eigenvalue weighted by molar-refractivity contribution is -0.140. The highest BCUT2D eigenvalue weighted by Gasteiger charge is 2.23. The van der Waals surface area contributed by atoms with E-state index >= 15 is 0 Å². The van der Waals surface area contributed by atoms with Crippen LogP contribution in [-0.4, -0.2) is 54.9 Å². The lowest BCUT2D eigenvalue weighted by Gasteiger charge is -2.32. The lowest BCUT2D eigenvalue weighted by atomic mass is 10.1. The Bertz CT molecular complexity index is 283. The van der Waals surface area contributed by atoms with Crippen molar-refractivity contribution in [2.24, 2.45) is 5.92 Å². The second kappa shape index (κ2) is 6.44. The summed E-state index contributed by atoms with van der Waals surface area (Å²) < 4.78 is 5.22. The standard InChI is InChI=1S/C11H20N2O4/c1-8(10(14)15)6-12-11(16)13-5-3-4-9(7-13)17-2/h8-9H,3-7H2,1-2H3,(H,12,16)(H,14,15). The number of ether oxygens (including phenoxy) is 1. The summed E-state index contributed by atoms with van der Waals surface area (Å²) in [7, 11) is 1.64. The van der Waals surface area contributed by atoms with Gasteiger partial charge in [-0.05, 0) is 12.8 Å². The Hall–Kier alpha value is -1.30. The molecule has 1 aliphatic heterocycles. The third-order valence-corrected chi connectivity index (χ3v) is 2.98. The maximum absolute atomic E-state index is 11.8. The Kier molecular flexibility index (Phi) is 5.21. The fourth-order valence-electron chi connectivity index (χ4n) is 1.75. The van der Waals surface area contributed by atoms with Crippen LogP contribution in [0.4, 0.5) is 4.79 Å². The molecule has 2 N–H and O–H groups in total. The summed E-state index contributed by atoms with van der Waals surface area (Å²) in [6, 6.07) is -0.208. The number of urea groups is 1. The predicted molar refractivity (Wildman–Crippen MR) is 61.8 cm³/mol. The van der Waals surface area contributed by atoms with E-state index in [0.29, 0.717) is 13.1 Å². The van der Waals surface area contributed by atoms with Crippen LogP contribution in [0.3, 0.4) is 0 Å². The summed E-state index contributed by atoms with van der Waals surface area (Å²) in [4.78, 5) is 24.0. The second-order valence-electron chi connectivity index (χ2n) is 4.37. The zero-order valence-corrected chi connectivity index (χ0v) is 10.3. The molecule has 2 unspecified atom stereocenters. The number of aliphatic carboxylic acids is 1. The molecule has 0 aromatic heterocycles. The Morgan fingerprint density at radius 2 is 2.29 bits per heavy atom. The number of nitrogens with one attached hydrogen (secondary N) is 1. The predicted octanol–water partition coefficient (Wildman–Crippen LogP) is 0.527. The number of carboxylic acids is 1. The molecule has 0 aromatic rings. The Morgan fingerprint density at radius 1 is 1.59 bits per heavy atom. The van der Waals surface area contributed by atoms with E-state index in [9.17, 15) is 9.59 Å². The molecule has 1 heterocycles. The van der Waals surface area contributed by atoms with Gasteiger partial charge in [-0.15, -0.1) is 0 Å². The minimum Gasteiger partial charge on any atom is -0.481 e. The Balaban J connectivity index is 2.34. The number of nitrogens with zero attached hydrogens (tertiary/aromatic N) is 1. The number of hydrogen-bond acceptors (Lipinski definition) is 3. The van der Waals surface area contributed by atoms with E-state index in [1.807, 2.05) is 0 Å². The number of hydrogen-bond donors (Lipinski definition) is 2. The summed E-state index contributed by atoms with van der Waals surface area (Å²) in [5.74, 6) is -1.47. The number of carboxylic acid groups (broad SMARTS) is 1. The highest BCUT2D eigenvalue weighted by molar-refractivity contribution is 5.76. The molecule has 0 aromatic carbocycles. The van der Waals surface area contributed by atoms with Crippen LogP contribution < -0.4 is 5.32 Å². The highest BCUT2D eigenvalue weighted by Crippen LogP contribution is 2.12. The van der Waals surface area contributed by atoms with Crippen molar-refractivity contribution in [1.29, 1.82) is 0 Å². The van der Waals surface area contributed by atoms with Gasteiger partial charge < -0.3 is 20.1 Å². The Morgan fingerprint density at radius 3 is 2.88 bits per heavy atom. The minimum atomic E-state index is -0.904. The first-order valence-corrected chi connectivity index (χ1v) is 5.83. The van der Waals surface area contributed by atoms with Gasteiger partial charge >= 0.3 is 12.0 Å². The van der Waals surface area contributed by atoms with Gasteiger partial charge in [0.15, 0.2) is 0 Å². The molecule has 17 heavy (non-hydrogen) atoms. The smallest absolute Gasteiger partial charge is 0.317 e. The zero-order chi connectivity index (χ0) is 12.8. The van der Waals surface area contributed by atoms with Gasteiger partial charge in [-0.25, -0.2) is 4.79 Å². The molecule has 0 saturated carbocycles. The second-order valence-corrected chi connectivity index (χ2v) is 4.37. The maximum atomic E-state index is 11.8. The topological polar surface area (TPSA) is 78.9 Å². The number of carbonyl (C=O) groups is 2. The number of rotatable bonds is 4. The fourth-order valence-corrected chi connectivity index (χ4v) is 1.75. The van der Waals surface area contributed by atoms with Crippen LogP contribution >= 0.6 is 0 Å². The van der Waals surface area contributed by atoms with Crippen LogP contribution in [0.2, 0.25) is 0 Å². The third-order valence-electron chi connectivity index (χ3n) is 2.98. The van der Waals surface area contributed by atoms with Crippen LogP contribution in [0.25, 0.3) is 0 Å². The molecule has 6 heteroatoms. The number of amides is 2. The molecule has 1 fully saturated rings. The van der Waals surface area contributed by atoms with Gasteiger partial charge in [0.25, 0.3) is 0 Å². The van der Waals surface area contributed by atoms with E-state index in [-0.39, 0.29) is 18.7 Å². The van der Waals surface area contributed by atoms with E-state index in [1.54, 1.807) is 18.9 Å². The quantitative estimate of drug-likeness (QED) is 0.756. The van der Waals surface area contributed by atoms with Gasteiger partial charge in [0.05, 0.1) is 12.0 Å². The van der Waals surface area contributed by atoms with E-state index in [2.05, 4.69) is 5.32 Å². The first-order chi connectivity index (χ1) is 8.04. The number of methoxy groups -OCH3 is 1. The van der Waals surface area contributed by atoms with Crippen molar-refractivity contribution in [3.63, 3.8) is 0 Å². The average Bonchev–Trinajstić information content (AvgIpc) is 2.35. The molecule has 0 bridgehead atoms. The van der Waals surface area contributed by atoms with Gasteiger partial charge in [-0.3, -0.25) is 4.79 Å². The molecule has 6 nitrogen and oxygen atoms in total. The molecule has 0 radical (unpaired) electrons. The molecule has 1 saturated heterocycles. The summed E-state index contributed by atoms with van der Waals surface area (Å²) >= 11 is 0. The van der Waals surface area contributed by atoms with Crippen molar-refractivity contribution in [2.75, 3.05) is 26.7 Å². The first-order valence-electron chi connectivity index (χ1n) is 5.83. The van der Waals surface area contributed by atoms with Crippen LogP contribution in [0.1, 0.15) is 19.8 Å². The van der Waals surface area contributed by atoms with Gasteiger partial charge in [0.1, 0.15) is 0 Å². The number of piperidine rings is 1. The molecule has 0 aliphatic carbocycles. The summed E-state index contributed by atoms with van der Waals surface area (Å²) in [6.45, 7) is 3.00. The van der Waals surface area contributed by atoms with Gasteiger partial charge in [0.2, 0.25) is 0 Å². The molecular formula is C11H20N2O4. The summed E-state index contributed by atoms with van der Waals surface area (Å²) in [6.07, 6.45) is 1.97. The van der Waals surface area contributed by atoms with Gasteiger partial charge in [-0.1, -0.05) is 6.92 Å². The van der Waals surface area contributed by atoms with Crippen molar-refractivity contribution in [2.45, 2.75) is 25.9 Å². The van der Waals surface area contributed by atoms with Crippen molar-refractivity contribution >= 4 is 12.0 Å². The first kappa shape index (κ1) is 13.8. The van der Waals surface area contributed by atoms with E-state index in [1.165, 1.54) is 0 Å². The summed E-state index contributed by atoms with van der Waals surface area (Å²) in [5, 5.41) is 11.3. The number of likely N-dealkylation sites (tertiary alicyclic amines) is 1. The largest absolute Gasteiger partial charge is 0.481 e. The lowest BCUT2D eigenvalue weighted by Crippen LogP contribution is -2.48. The highest BCUT2D eigenvalue weighted by atomic mass is 16.5. The van der Waals surface area contributed by atoms with Crippen molar-refractivity contribution < 1.29 is 19.4 Å². The minimum absolute atomic E-state index is 0.0893. The fraction of sp³-hybridized carbons (Fsp3) is 0.818. The average molecular weight is 244 g/mol. The Labute approximate surface area is 101 Å². The number of carbonyl (C=O) groups excluding carboxylic acids is 1. The molecule has 1 rings (SSSR count). The summed E-state index contributed by atoms with van der Waals surface area (Å²) in [5.41, 5.74) is 0. The van der Waals surface area contributed by atoms with Crippen molar-refractivity contribution in [1.82, 2.24) is 10.2 Å². The molecule has 0 spiro atoms. The van der Waals surface area contributed by atoms with Crippen LogP contribution in [-0.2, 0) is 9.53 Å². The van der Waals surface area contributed by atoms with E-state index < -0.39 is 11.9 Å². The molecule has 1 aliphatic rings. The monoisotopic (exact) mass is 244 g/mol. The zero-order valence-electron chi connectivity index (χ0n) is 10.3. The molecule has 98 valence electrons. The van der Waals surface area contributed by atoms with E-state index in [4.69, 9.17) is 9.84 Å². The van der Waals surface area contributed by atoms with Gasteiger partial charge in [0, 0.05) is 26.7 Å². The van der Waals surface area contributed by atoms with Crippen LogP contribution in [0.15, 0.2) is 0 Å². The molecule has 2 amide bonds. The van der Waals surface area contributed by atoms with E-state index in [0.717, 1.165) is 12.8 Å². The third kappa shape index (κ3) is 4.22. The normalized spacial score (nSPS) is 22.0.